The molecule has 1 rings (SSSR count). The molecule has 0 saturated carbocycles. The van der Waals surface area contributed by atoms with Crippen LogP contribution in [0.25, 0.3) is 0 Å². The molecule has 0 heterocycles. The molecular formula is C17H24N2O3. The molecular weight excluding hydrogens is 280 g/mol. The molecule has 0 aliphatic carbocycles. The Bertz CT molecular complexity index is 564. The van der Waals surface area contributed by atoms with Gasteiger partial charge < -0.3 is 14.8 Å². The second kappa shape index (κ2) is 7.81. The molecule has 0 aliphatic heterocycles. The Kier molecular flexibility index (Phi) is 6.39. The highest BCUT2D eigenvalue weighted by Gasteiger charge is 2.35. The van der Waals surface area contributed by atoms with E-state index in [1.807, 2.05) is 20.8 Å². The average Bonchev–Trinajstić information content (AvgIpc) is 2.46. The Morgan fingerprint density at radius 1 is 1.45 bits per heavy atom. The van der Waals surface area contributed by atoms with E-state index in [4.69, 9.17) is 9.47 Å². The van der Waals surface area contributed by atoms with Crippen LogP contribution in [0.1, 0.15) is 39.7 Å². The van der Waals surface area contributed by atoms with E-state index in [-0.39, 0.29) is 5.91 Å². The smallest absolute Gasteiger partial charge is 0.256 e. The van der Waals surface area contributed by atoms with Crippen LogP contribution in [-0.4, -0.2) is 25.2 Å². The van der Waals surface area contributed by atoms with Gasteiger partial charge in [0.2, 0.25) is 0 Å². The fourth-order valence-corrected chi connectivity index (χ4v) is 2.42. The van der Waals surface area contributed by atoms with Crippen LogP contribution in [0.3, 0.4) is 0 Å². The zero-order valence-electron chi connectivity index (χ0n) is 13.9. The Morgan fingerprint density at radius 2 is 2.14 bits per heavy atom. The minimum atomic E-state index is -0.921. The highest BCUT2D eigenvalue weighted by atomic mass is 16.5. The summed E-state index contributed by atoms with van der Waals surface area (Å²) in [6, 6.07) is 7.03. The van der Waals surface area contributed by atoms with Gasteiger partial charge in [0.15, 0.2) is 0 Å². The minimum absolute atomic E-state index is 0.246. The Labute approximate surface area is 132 Å². The van der Waals surface area contributed by atoms with Gasteiger partial charge in [0.25, 0.3) is 5.91 Å². The fourth-order valence-electron chi connectivity index (χ4n) is 2.42. The third-order valence-electron chi connectivity index (χ3n) is 3.34. The van der Waals surface area contributed by atoms with Gasteiger partial charge >= 0.3 is 0 Å². The fraction of sp³-hybridized carbons (Fsp3) is 0.529. The zero-order chi connectivity index (χ0) is 16.8. The van der Waals surface area contributed by atoms with Crippen molar-refractivity contribution in [3.8, 4) is 11.8 Å². The molecule has 0 saturated heterocycles. The molecule has 0 unspecified atom stereocenters. The first-order chi connectivity index (χ1) is 10.4. The molecule has 1 N–H and O–H groups in total. The zero-order valence-corrected chi connectivity index (χ0v) is 13.9. The second-order valence-electron chi connectivity index (χ2n) is 5.74. The van der Waals surface area contributed by atoms with Crippen LogP contribution in [0.2, 0.25) is 0 Å². The normalized spacial score (nSPS) is 13.3. The lowest BCUT2D eigenvalue weighted by Gasteiger charge is -2.30. The summed E-state index contributed by atoms with van der Waals surface area (Å²) in [5, 5.41) is 12.0. The SMILES string of the molecule is CCO[C@](C)(CC(C)C)C(=O)Nc1ccc(OC)cc1C#N. The van der Waals surface area contributed by atoms with Crippen molar-refractivity contribution in [1.29, 1.82) is 5.26 Å². The quantitative estimate of drug-likeness (QED) is 0.838. The van der Waals surface area contributed by atoms with Crippen LogP contribution in [0.15, 0.2) is 18.2 Å². The minimum Gasteiger partial charge on any atom is -0.497 e. The molecule has 5 nitrogen and oxygen atoms in total. The predicted molar refractivity (Wildman–Crippen MR) is 85.8 cm³/mol. The summed E-state index contributed by atoms with van der Waals surface area (Å²) in [5.41, 5.74) is -0.102. The molecule has 1 atom stereocenters. The van der Waals surface area contributed by atoms with Gasteiger partial charge in [-0.2, -0.15) is 5.26 Å². The van der Waals surface area contributed by atoms with E-state index in [1.165, 1.54) is 7.11 Å². The highest BCUT2D eigenvalue weighted by Crippen LogP contribution is 2.26. The van der Waals surface area contributed by atoms with E-state index in [0.717, 1.165) is 0 Å². The number of anilines is 1. The number of carbonyl (C=O) groups is 1. The first-order valence-electron chi connectivity index (χ1n) is 7.39. The number of ether oxygens (including phenoxy) is 2. The third-order valence-corrected chi connectivity index (χ3v) is 3.34. The summed E-state index contributed by atoms with van der Waals surface area (Å²) in [6.07, 6.45) is 0.602. The van der Waals surface area contributed by atoms with Gasteiger partial charge in [0, 0.05) is 6.61 Å². The summed E-state index contributed by atoms with van der Waals surface area (Å²) < 4.78 is 10.8. The summed E-state index contributed by atoms with van der Waals surface area (Å²) in [4.78, 5) is 12.6. The van der Waals surface area contributed by atoms with Crippen molar-refractivity contribution >= 4 is 11.6 Å². The number of hydrogen-bond acceptors (Lipinski definition) is 4. The molecule has 0 bridgehead atoms. The monoisotopic (exact) mass is 304 g/mol. The maximum absolute atomic E-state index is 12.6. The molecule has 0 aliphatic rings. The summed E-state index contributed by atoms with van der Waals surface area (Å²) in [6.45, 7) is 8.17. The van der Waals surface area contributed by atoms with Crippen molar-refractivity contribution in [2.24, 2.45) is 5.92 Å². The van der Waals surface area contributed by atoms with Crippen molar-refractivity contribution in [2.75, 3.05) is 19.0 Å². The average molecular weight is 304 g/mol. The summed E-state index contributed by atoms with van der Waals surface area (Å²) in [7, 11) is 1.53. The van der Waals surface area contributed by atoms with Crippen LogP contribution in [0, 0.1) is 17.2 Å². The molecule has 0 radical (unpaired) electrons. The lowest BCUT2D eigenvalue weighted by Crippen LogP contribution is -2.44. The van der Waals surface area contributed by atoms with Gasteiger partial charge in [-0.25, -0.2) is 0 Å². The van der Waals surface area contributed by atoms with Crippen LogP contribution in [-0.2, 0) is 9.53 Å². The number of amides is 1. The lowest BCUT2D eigenvalue weighted by molar-refractivity contribution is -0.140. The third kappa shape index (κ3) is 4.47. The number of nitriles is 1. The second-order valence-corrected chi connectivity index (χ2v) is 5.74. The first kappa shape index (κ1) is 18.0. The molecule has 1 amide bonds. The number of nitrogens with one attached hydrogen (secondary N) is 1. The van der Waals surface area contributed by atoms with Gasteiger partial charge in [-0.1, -0.05) is 13.8 Å². The summed E-state index contributed by atoms with van der Waals surface area (Å²) >= 11 is 0. The topological polar surface area (TPSA) is 71.3 Å². The standard InChI is InChI=1S/C17H24N2O3/c1-6-22-17(4,10-12(2)3)16(20)19-15-8-7-14(21-5)9-13(15)11-18/h7-9,12H,6,10H2,1-5H3,(H,19,20)/t17-/m1/s1. The van der Waals surface area contributed by atoms with Gasteiger partial charge in [0.1, 0.15) is 17.4 Å². The maximum Gasteiger partial charge on any atom is 0.256 e. The van der Waals surface area contributed by atoms with E-state index < -0.39 is 5.60 Å². The largest absolute Gasteiger partial charge is 0.497 e. The Balaban J connectivity index is 3.01. The lowest BCUT2D eigenvalue weighted by atomic mass is 9.93. The van der Waals surface area contributed by atoms with Crippen molar-refractivity contribution in [2.45, 2.75) is 39.7 Å². The molecule has 0 aromatic heterocycles. The number of hydrogen-bond donors (Lipinski definition) is 1. The molecule has 0 fully saturated rings. The number of rotatable bonds is 7. The van der Waals surface area contributed by atoms with Crippen molar-refractivity contribution in [3.05, 3.63) is 23.8 Å². The number of methoxy groups -OCH3 is 1. The van der Waals surface area contributed by atoms with E-state index >= 15 is 0 Å². The molecule has 0 spiro atoms. The Hall–Kier alpha value is -2.06. The number of benzene rings is 1. The molecule has 120 valence electrons. The Morgan fingerprint density at radius 3 is 2.64 bits per heavy atom. The van der Waals surface area contributed by atoms with Crippen LogP contribution < -0.4 is 10.1 Å². The molecule has 5 heteroatoms. The number of nitrogens with zero attached hydrogens (tertiary/aromatic N) is 1. The van der Waals surface area contributed by atoms with Crippen LogP contribution in [0.4, 0.5) is 5.69 Å². The van der Waals surface area contributed by atoms with Gasteiger partial charge in [-0.15, -0.1) is 0 Å². The molecule has 1 aromatic rings. The summed E-state index contributed by atoms with van der Waals surface area (Å²) in [5.74, 6) is 0.641. The van der Waals surface area contributed by atoms with Gasteiger partial charge in [0.05, 0.1) is 18.4 Å². The van der Waals surface area contributed by atoms with E-state index in [9.17, 15) is 10.1 Å². The van der Waals surface area contributed by atoms with E-state index in [2.05, 4.69) is 11.4 Å². The van der Waals surface area contributed by atoms with Crippen molar-refractivity contribution in [1.82, 2.24) is 0 Å². The van der Waals surface area contributed by atoms with Crippen LogP contribution >= 0.6 is 0 Å². The van der Waals surface area contributed by atoms with Gasteiger partial charge in [-0.05, 0) is 44.4 Å². The molecule has 1 aromatic carbocycles. The maximum atomic E-state index is 12.6. The van der Waals surface area contributed by atoms with Crippen molar-refractivity contribution < 1.29 is 14.3 Å². The predicted octanol–water partition coefficient (Wildman–Crippen LogP) is 3.35. The highest BCUT2D eigenvalue weighted by molar-refractivity contribution is 5.98. The molecule has 22 heavy (non-hydrogen) atoms. The van der Waals surface area contributed by atoms with Crippen LogP contribution in [0.5, 0.6) is 5.75 Å². The van der Waals surface area contributed by atoms with Gasteiger partial charge in [-0.3, -0.25) is 4.79 Å². The van der Waals surface area contributed by atoms with E-state index in [1.54, 1.807) is 25.1 Å². The number of carbonyl (C=O) groups excluding carboxylic acids is 1. The van der Waals surface area contributed by atoms with Crippen molar-refractivity contribution in [3.63, 3.8) is 0 Å². The van der Waals surface area contributed by atoms with E-state index in [0.29, 0.717) is 35.9 Å². The first-order valence-corrected chi connectivity index (χ1v) is 7.39.